The van der Waals surface area contributed by atoms with Gasteiger partial charge in [0.2, 0.25) is 0 Å². The van der Waals surface area contributed by atoms with Crippen molar-refractivity contribution in [2.75, 3.05) is 0 Å². The Morgan fingerprint density at radius 2 is 2.29 bits per heavy atom. The SMILES string of the molecule is CCC(N)Cc1nccn1Cc1c(Cl)cccc1[N+](=O)[O-]. The van der Waals surface area contributed by atoms with Crippen LogP contribution in [0.4, 0.5) is 5.69 Å². The molecule has 6 nitrogen and oxygen atoms in total. The van der Waals surface area contributed by atoms with Gasteiger partial charge in [-0.15, -0.1) is 0 Å². The Labute approximate surface area is 127 Å². The lowest BCUT2D eigenvalue weighted by atomic mass is 10.1. The first-order chi connectivity index (χ1) is 10.0. The molecule has 1 unspecified atom stereocenters. The minimum Gasteiger partial charge on any atom is -0.330 e. The smallest absolute Gasteiger partial charge is 0.275 e. The second-order valence-corrected chi connectivity index (χ2v) is 5.25. The summed E-state index contributed by atoms with van der Waals surface area (Å²) in [5.41, 5.74) is 6.44. The van der Waals surface area contributed by atoms with Crippen LogP contribution in [0.5, 0.6) is 0 Å². The van der Waals surface area contributed by atoms with Crippen molar-refractivity contribution in [3.8, 4) is 0 Å². The van der Waals surface area contributed by atoms with Crippen molar-refractivity contribution in [3.05, 3.63) is 57.1 Å². The van der Waals surface area contributed by atoms with E-state index in [1.165, 1.54) is 6.07 Å². The molecule has 0 saturated heterocycles. The predicted octanol–water partition coefficient (Wildman–Crippen LogP) is 2.77. The van der Waals surface area contributed by atoms with E-state index in [9.17, 15) is 10.1 Å². The maximum absolute atomic E-state index is 11.1. The number of halogens is 1. The van der Waals surface area contributed by atoms with Crippen LogP contribution >= 0.6 is 11.6 Å². The lowest BCUT2D eigenvalue weighted by Gasteiger charge is -2.12. The molecule has 1 heterocycles. The van der Waals surface area contributed by atoms with Crippen LogP contribution in [0, 0.1) is 10.1 Å². The third-order valence-corrected chi connectivity index (χ3v) is 3.74. The van der Waals surface area contributed by atoms with Gasteiger partial charge in [0.1, 0.15) is 5.82 Å². The standard InChI is InChI=1S/C14H17ClN4O2/c1-2-10(16)8-14-17-6-7-18(14)9-11-12(15)4-3-5-13(11)19(20)21/h3-7,10H,2,8-9,16H2,1H3. The van der Waals surface area contributed by atoms with Crippen molar-refractivity contribution in [2.24, 2.45) is 5.73 Å². The number of nitro groups is 1. The molecule has 0 amide bonds. The van der Waals surface area contributed by atoms with Crippen molar-refractivity contribution in [1.82, 2.24) is 9.55 Å². The fraction of sp³-hybridized carbons (Fsp3) is 0.357. The molecule has 2 N–H and O–H groups in total. The third kappa shape index (κ3) is 3.59. The average molecular weight is 309 g/mol. The number of aromatic nitrogens is 2. The molecule has 7 heteroatoms. The maximum Gasteiger partial charge on any atom is 0.275 e. The number of rotatable bonds is 6. The van der Waals surface area contributed by atoms with Crippen LogP contribution in [0.3, 0.4) is 0 Å². The lowest BCUT2D eigenvalue weighted by molar-refractivity contribution is -0.385. The van der Waals surface area contributed by atoms with E-state index in [4.69, 9.17) is 17.3 Å². The first kappa shape index (κ1) is 15.5. The van der Waals surface area contributed by atoms with E-state index >= 15 is 0 Å². The summed E-state index contributed by atoms with van der Waals surface area (Å²) in [6.45, 7) is 2.32. The summed E-state index contributed by atoms with van der Waals surface area (Å²) in [4.78, 5) is 15.0. The lowest BCUT2D eigenvalue weighted by Crippen LogP contribution is -2.23. The molecule has 0 aliphatic rings. The molecule has 0 aliphatic heterocycles. The van der Waals surface area contributed by atoms with Crippen LogP contribution in [0.15, 0.2) is 30.6 Å². The number of nitro benzene ring substituents is 1. The molecule has 2 rings (SSSR count). The van der Waals surface area contributed by atoms with E-state index < -0.39 is 4.92 Å². The summed E-state index contributed by atoms with van der Waals surface area (Å²) in [5.74, 6) is 0.804. The number of nitrogens with zero attached hydrogens (tertiary/aromatic N) is 3. The third-order valence-electron chi connectivity index (χ3n) is 3.39. The van der Waals surface area contributed by atoms with Crippen LogP contribution < -0.4 is 5.73 Å². The Morgan fingerprint density at radius 1 is 1.52 bits per heavy atom. The van der Waals surface area contributed by atoms with Crippen molar-refractivity contribution in [3.63, 3.8) is 0 Å². The van der Waals surface area contributed by atoms with E-state index in [-0.39, 0.29) is 11.7 Å². The molecule has 2 aromatic rings. The highest BCUT2D eigenvalue weighted by molar-refractivity contribution is 6.31. The Morgan fingerprint density at radius 3 is 2.95 bits per heavy atom. The van der Waals surface area contributed by atoms with E-state index in [2.05, 4.69) is 4.98 Å². The Hall–Kier alpha value is -1.92. The van der Waals surface area contributed by atoms with E-state index in [0.29, 0.717) is 23.6 Å². The number of imidazole rings is 1. The molecular weight excluding hydrogens is 292 g/mol. The number of benzene rings is 1. The summed E-state index contributed by atoms with van der Waals surface area (Å²) in [6, 6.07) is 4.70. The van der Waals surface area contributed by atoms with Crippen LogP contribution in [-0.4, -0.2) is 20.5 Å². The van der Waals surface area contributed by atoms with Crippen molar-refractivity contribution in [2.45, 2.75) is 32.4 Å². The van der Waals surface area contributed by atoms with Gasteiger partial charge in [-0.3, -0.25) is 10.1 Å². The van der Waals surface area contributed by atoms with Gasteiger partial charge in [-0.1, -0.05) is 24.6 Å². The Kier molecular flexibility index (Phi) is 4.93. The minimum atomic E-state index is -0.421. The zero-order valence-corrected chi connectivity index (χ0v) is 12.5. The largest absolute Gasteiger partial charge is 0.330 e. The number of hydrogen-bond acceptors (Lipinski definition) is 4. The molecule has 0 aliphatic carbocycles. The van der Waals surface area contributed by atoms with Crippen LogP contribution in [0.1, 0.15) is 24.7 Å². The molecule has 1 atom stereocenters. The van der Waals surface area contributed by atoms with Crippen molar-refractivity contribution >= 4 is 17.3 Å². The molecule has 0 spiro atoms. The zero-order chi connectivity index (χ0) is 15.4. The summed E-state index contributed by atoms with van der Waals surface area (Å²) < 4.78 is 1.85. The quantitative estimate of drug-likeness (QED) is 0.656. The topological polar surface area (TPSA) is 87.0 Å². The van der Waals surface area contributed by atoms with E-state index in [0.717, 1.165) is 12.2 Å². The van der Waals surface area contributed by atoms with Gasteiger partial charge in [0, 0.05) is 30.9 Å². The van der Waals surface area contributed by atoms with Crippen LogP contribution in [-0.2, 0) is 13.0 Å². The van der Waals surface area contributed by atoms with Gasteiger partial charge in [0.25, 0.3) is 5.69 Å². The summed E-state index contributed by atoms with van der Waals surface area (Å²) in [6.07, 6.45) is 4.92. The van der Waals surface area contributed by atoms with E-state index in [1.807, 2.05) is 11.5 Å². The highest BCUT2D eigenvalue weighted by Gasteiger charge is 2.18. The number of nitrogens with two attached hydrogens (primary N) is 1. The highest BCUT2D eigenvalue weighted by atomic mass is 35.5. The molecule has 1 aromatic heterocycles. The monoisotopic (exact) mass is 308 g/mol. The summed E-state index contributed by atoms with van der Waals surface area (Å²) >= 11 is 6.11. The van der Waals surface area contributed by atoms with Gasteiger partial charge in [0.05, 0.1) is 22.1 Å². The Balaban J connectivity index is 2.31. The average Bonchev–Trinajstić information content (AvgIpc) is 2.87. The van der Waals surface area contributed by atoms with Gasteiger partial charge in [-0.2, -0.15) is 0 Å². The molecule has 21 heavy (non-hydrogen) atoms. The molecular formula is C14H17ClN4O2. The van der Waals surface area contributed by atoms with Crippen LogP contribution in [0.2, 0.25) is 5.02 Å². The Bertz CT molecular complexity index is 642. The highest BCUT2D eigenvalue weighted by Crippen LogP contribution is 2.27. The second kappa shape index (κ2) is 6.69. The molecule has 1 aromatic carbocycles. The molecule has 0 fully saturated rings. The fourth-order valence-corrected chi connectivity index (χ4v) is 2.33. The summed E-state index contributed by atoms with van der Waals surface area (Å²) in [5, 5.41) is 11.5. The maximum atomic E-state index is 11.1. The fourth-order valence-electron chi connectivity index (χ4n) is 2.10. The van der Waals surface area contributed by atoms with Gasteiger partial charge >= 0.3 is 0 Å². The molecule has 0 saturated carbocycles. The van der Waals surface area contributed by atoms with E-state index in [1.54, 1.807) is 24.5 Å². The minimum absolute atomic E-state index is 0.0157. The summed E-state index contributed by atoms with van der Waals surface area (Å²) in [7, 11) is 0. The second-order valence-electron chi connectivity index (χ2n) is 4.84. The first-order valence-corrected chi connectivity index (χ1v) is 7.08. The molecule has 112 valence electrons. The van der Waals surface area contributed by atoms with Gasteiger partial charge in [0.15, 0.2) is 0 Å². The van der Waals surface area contributed by atoms with Gasteiger partial charge in [-0.25, -0.2) is 4.98 Å². The van der Waals surface area contributed by atoms with Crippen molar-refractivity contribution in [1.29, 1.82) is 0 Å². The van der Waals surface area contributed by atoms with Gasteiger partial charge < -0.3 is 10.3 Å². The molecule has 0 bridgehead atoms. The molecule has 0 radical (unpaired) electrons. The first-order valence-electron chi connectivity index (χ1n) is 6.70. The zero-order valence-electron chi connectivity index (χ0n) is 11.7. The predicted molar refractivity (Wildman–Crippen MR) is 81.4 cm³/mol. The normalized spacial score (nSPS) is 12.3. The van der Waals surface area contributed by atoms with Crippen molar-refractivity contribution < 1.29 is 4.92 Å². The van der Waals surface area contributed by atoms with Gasteiger partial charge in [-0.05, 0) is 12.5 Å². The van der Waals surface area contributed by atoms with Crippen LogP contribution in [0.25, 0.3) is 0 Å². The number of hydrogen-bond donors (Lipinski definition) is 1.